The van der Waals surface area contributed by atoms with E-state index in [0.717, 1.165) is 0 Å². The summed E-state index contributed by atoms with van der Waals surface area (Å²) in [6, 6.07) is 3.30. The van der Waals surface area contributed by atoms with E-state index in [1.165, 1.54) is 0 Å². The number of nitrogen functional groups attached to an aromatic ring is 1. The molecule has 2 aliphatic rings. The van der Waals surface area contributed by atoms with E-state index in [2.05, 4.69) is 73.0 Å². The van der Waals surface area contributed by atoms with Crippen molar-refractivity contribution in [1.82, 2.24) is 5.32 Å². The highest BCUT2D eigenvalue weighted by Gasteiger charge is 2.47. The molecular weight excluding hydrogens is 464 g/mol. The molecule has 7 nitrogen and oxygen atoms in total. The molecule has 0 radical (unpaired) electrons. The number of fused-ring (bicyclic) bond motifs is 1. The lowest BCUT2D eigenvalue weighted by atomic mass is 9.95. The monoisotopic (exact) mass is 506 g/mol. The zero-order valence-corrected chi connectivity index (χ0v) is 24.4. The van der Waals surface area contributed by atoms with Crippen LogP contribution in [0, 0.1) is 0 Å². The lowest BCUT2D eigenvalue weighted by molar-refractivity contribution is -0.0166. The first kappa shape index (κ1) is 27.1. The number of hydrogen-bond donors (Lipinski definition) is 2. The summed E-state index contributed by atoms with van der Waals surface area (Å²) in [5.41, 5.74) is 7.87. The molecule has 0 saturated carbocycles. The van der Waals surface area contributed by atoms with Gasteiger partial charge in [0, 0.05) is 12.1 Å². The van der Waals surface area contributed by atoms with Gasteiger partial charge < -0.3 is 19.3 Å². The van der Waals surface area contributed by atoms with Gasteiger partial charge in [-0.05, 0) is 54.0 Å². The Hall–Kier alpha value is -1.53. The van der Waals surface area contributed by atoms with Crippen LogP contribution in [0.1, 0.15) is 80.3 Å². The van der Waals surface area contributed by atoms with E-state index in [9.17, 15) is 9.59 Å². The quantitative estimate of drug-likeness (QED) is 0.305. The van der Waals surface area contributed by atoms with E-state index >= 15 is 0 Å². The molecule has 1 saturated heterocycles. The highest BCUT2D eigenvalue weighted by molar-refractivity contribution is 6.74. The summed E-state index contributed by atoms with van der Waals surface area (Å²) in [6.45, 7) is 22.6. The predicted molar refractivity (Wildman–Crippen MR) is 140 cm³/mol. The summed E-state index contributed by atoms with van der Waals surface area (Å²) < 4.78 is 19.9. The highest BCUT2D eigenvalue weighted by atomic mass is 28.4. The molecule has 3 rings (SSSR count). The fourth-order valence-electron chi connectivity index (χ4n) is 3.86. The minimum atomic E-state index is -2.09. The van der Waals surface area contributed by atoms with Gasteiger partial charge in [0.05, 0.1) is 29.9 Å². The smallest absolute Gasteiger partial charge is 0.259 e. The van der Waals surface area contributed by atoms with Crippen molar-refractivity contribution in [3.63, 3.8) is 0 Å². The molecule has 3 N–H and O–H groups in total. The number of hydrogen-bond acceptors (Lipinski definition) is 6. The van der Waals surface area contributed by atoms with Gasteiger partial charge in [0.15, 0.2) is 16.6 Å². The fourth-order valence-corrected chi connectivity index (χ4v) is 6.23. The second kappa shape index (κ2) is 8.85. The Balaban J connectivity index is 1.93. The number of ether oxygens (including phenoxy) is 1. The van der Waals surface area contributed by atoms with Crippen molar-refractivity contribution in [2.75, 3.05) is 12.3 Å². The minimum Gasteiger partial charge on any atom is -0.414 e. The van der Waals surface area contributed by atoms with Gasteiger partial charge in [-0.25, -0.2) is 0 Å². The lowest BCUT2D eigenvalue weighted by Crippen LogP contribution is -2.48. The molecular formula is C25H42N2O5Si2. The first-order valence-corrected chi connectivity index (χ1v) is 17.9. The molecule has 1 aromatic rings. The molecule has 2 aliphatic heterocycles. The highest BCUT2D eigenvalue weighted by Crippen LogP contribution is 2.44. The van der Waals surface area contributed by atoms with Crippen LogP contribution in [0.2, 0.25) is 36.3 Å². The summed E-state index contributed by atoms with van der Waals surface area (Å²) in [5, 5.41) is 2.50. The van der Waals surface area contributed by atoms with E-state index in [-0.39, 0.29) is 22.3 Å². The largest absolute Gasteiger partial charge is 0.414 e. The average molecular weight is 507 g/mol. The first-order chi connectivity index (χ1) is 15.3. The van der Waals surface area contributed by atoms with E-state index in [4.69, 9.17) is 19.3 Å². The third-order valence-corrected chi connectivity index (χ3v) is 17.1. The van der Waals surface area contributed by atoms with Crippen LogP contribution in [0.4, 0.5) is 5.69 Å². The number of rotatable bonds is 6. The average Bonchev–Trinajstić information content (AvgIpc) is 3.18. The normalized spacial score (nSPS) is 23.9. The Morgan fingerprint density at radius 2 is 1.59 bits per heavy atom. The fraction of sp³-hybridized carbons (Fsp3) is 0.680. The van der Waals surface area contributed by atoms with Crippen molar-refractivity contribution in [3.05, 3.63) is 28.8 Å². The predicted octanol–water partition coefficient (Wildman–Crippen LogP) is 5.39. The molecule has 0 aromatic heterocycles. The van der Waals surface area contributed by atoms with Gasteiger partial charge in [0.1, 0.15) is 6.10 Å². The Bertz CT molecular complexity index is 979. The Labute approximate surface area is 206 Å². The molecule has 2 amide bonds. The summed E-state index contributed by atoms with van der Waals surface area (Å²) in [4.78, 5) is 24.8. The van der Waals surface area contributed by atoms with Gasteiger partial charge >= 0.3 is 0 Å². The van der Waals surface area contributed by atoms with Crippen molar-refractivity contribution in [2.45, 2.75) is 103 Å². The van der Waals surface area contributed by atoms with Gasteiger partial charge in [-0.15, -0.1) is 0 Å². The Kier molecular flexibility index (Phi) is 7.04. The van der Waals surface area contributed by atoms with Crippen molar-refractivity contribution in [2.24, 2.45) is 0 Å². The molecule has 190 valence electrons. The number of benzene rings is 1. The Morgan fingerprint density at radius 1 is 1.00 bits per heavy atom. The number of imide groups is 1. The second-order valence-electron chi connectivity index (χ2n) is 12.7. The third-order valence-electron chi connectivity index (χ3n) is 8.10. The van der Waals surface area contributed by atoms with Crippen LogP contribution >= 0.6 is 0 Å². The van der Waals surface area contributed by atoms with Crippen LogP contribution in [0.3, 0.4) is 0 Å². The molecule has 0 spiro atoms. The van der Waals surface area contributed by atoms with Gasteiger partial charge in [-0.2, -0.15) is 0 Å². The van der Waals surface area contributed by atoms with Crippen LogP contribution in [-0.4, -0.2) is 47.3 Å². The molecule has 3 atom stereocenters. The minimum absolute atomic E-state index is 0.0423. The first-order valence-electron chi connectivity index (χ1n) is 12.1. The van der Waals surface area contributed by atoms with Gasteiger partial charge in [-0.3, -0.25) is 14.9 Å². The van der Waals surface area contributed by atoms with Crippen LogP contribution in [0.15, 0.2) is 12.1 Å². The maximum absolute atomic E-state index is 12.6. The number of carbonyl (C=O) groups is 2. The number of anilines is 1. The maximum atomic E-state index is 12.6. The number of nitrogens with two attached hydrogens (primary N) is 1. The zero-order chi connectivity index (χ0) is 25.9. The van der Waals surface area contributed by atoms with Gasteiger partial charge in [0.25, 0.3) is 11.8 Å². The summed E-state index contributed by atoms with van der Waals surface area (Å²) in [5.74, 6) is -0.820. The lowest BCUT2D eigenvalue weighted by Gasteiger charge is -2.40. The van der Waals surface area contributed by atoms with Crippen LogP contribution in [0.5, 0.6) is 0 Å². The molecule has 2 heterocycles. The summed E-state index contributed by atoms with van der Waals surface area (Å²) in [7, 11) is -4.09. The maximum Gasteiger partial charge on any atom is 0.259 e. The van der Waals surface area contributed by atoms with E-state index in [1.54, 1.807) is 12.1 Å². The van der Waals surface area contributed by atoms with Crippen molar-refractivity contribution >= 4 is 34.1 Å². The van der Waals surface area contributed by atoms with Crippen molar-refractivity contribution < 1.29 is 23.2 Å². The molecule has 0 unspecified atom stereocenters. The van der Waals surface area contributed by atoms with E-state index in [1.807, 2.05) is 0 Å². The van der Waals surface area contributed by atoms with Gasteiger partial charge in [0.2, 0.25) is 0 Å². The zero-order valence-electron chi connectivity index (χ0n) is 22.4. The molecule has 34 heavy (non-hydrogen) atoms. The van der Waals surface area contributed by atoms with Crippen LogP contribution in [0.25, 0.3) is 0 Å². The molecule has 1 aromatic carbocycles. The van der Waals surface area contributed by atoms with Crippen LogP contribution in [-0.2, 0) is 13.6 Å². The topological polar surface area (TPSA) is 99.9 Å². The molecule has 0 bridgehead atoms. The van der Waals surface area contributed by atoms with E-state index < -0.39 is 34.6 Å². The molecule has 0 aliphatic carbocycles. The Morgan fingerprint density at radius 3 is 2.15 bits per heavy atom. The molecule has 1 fully saturated rings. The summed E-state index contributed by atoms with van der Waals surface area (Å²) >= 11 is 0. The standard InChI is InChI=1S/C25H42N2O5Si2/c1-24(2,3)33(7,8)30-14-20-19(32-34(9,10)25(4,5)6)13-18(31-20)16-11-15(26)12-17-21(16)23(29)27-22(17)28/h11-12,18-20H,13-14,26H2,1-10H3,(H,27,28,29)/t18-,19+,20-/m1/s1. The van der Waals surface area contributed by atoms with Crippen molar-refractivity contribution in [1.29, 1.82) is 0 Å². The number of nitrogens with one attached hydrogen (secondary N) is 1. The number of amides is 2. The SMILES string of the molecule is CC(C)(C)[Si](C)(C)OC[C@H]1O[C@@H](c2cc(N)cc3c2C(=O)NC3=O)C[C@@H]1O[Si](C)(C)C(C)(C)C. The van der Waals surface area contributed by atoms with E-state index in [0.29, 0.717) is 35.4 Å². The summed E-state index contributed by atoms with van der Waals surface area (Å²) in [6.07, 6.45) is -0.273. The van der Waals surface area contributed by atoms with Gasteiger partial charge in [-0.1, -0.05) is 41.5 Å². The van der Waals surface area contributed by atoms with Crippen LogP contribution < -0.4 is 11.1 Å². The second-order valence-corrected chi connectivity index (χ2v) is 22.3. The molecule has 9 heteroatoms. The number of carbonyl (C=O) groups excluding carboxylic acids is 2. The third kappa shape index (κ3) is 5.18. The van der Waals surface area contributed by atoms with Crippen molar-refractivity contribution in [3.8, 4) is 0 Å².